The van der Waals surface area contributed by atoms with Crippen LogP contribution in [0.5, 0.6) is 0 Å². The Balaban J connectivity index is 1.93. The Labute approximate surface area is 105 Å². The van der Waals surface area contributed by atoms with E-state index in [1.165, 1.54) is 6.07 Å². The summed E-state index contributed by atoms with van der Waals surface area (Å²) in [4.78, 5) is 4.24. The highest BCUT2D eigenvalue weighted by Gasteiger charge is 2.21. The maximum absolute atomic E-state index is 13.3. The Bertz CT molecular complexity index is 541. The van der Waals surface area contributed by atoms with Crippen molar-refractivity contribution >= 4 is 11.4 Å². The van der Waals surface area contributed by atoms with E-state index in [2.05, 4.69) is 15.0 Å². The van der Waals surface area contributed by atoms with Crippen molar-refractivity contribution in [1.29, 1.82) is 0 Å². The molecular weight excluding hydrogens is 233 g/mol. The molecular formula is C13H14FN3O. The Kier molecular flexibility index (Phi) is 2.66. The van der Waals surface area contributed by atoms with E-state index in [4.69, 9.17) is 4.52 Å². The van der Waals surface area contributed by atoms with Gasteiger partial charge in [-0.1, -0.05) is 5.16 Å². The second-order valence-electron chi connectivity index (χ2n) is 4.45. The summed E-state index contributed by atoms with van der Waals surface area (Å²) in [7, 11) is 1.98. The molecule has 2 heterocycles. The normalized spacial score (nSPS) is 14.8. The van der Waals surface area contributed by atoms with Gasteiger partial charge in [-0.25, -0.2) is 4.39 Å². The zero-order chi connectivity index (χ0) is 12.5. The lowest BCUT2D eigenvalue weighted by atomic mass is 10.1. The summed E-state index contributed by atoms with van der Waals surface area (Å²) in [5.74, 6) is 0.608. The minimum atomic E-state index is -0.206. The fourth-order valence-corrected chi connectivity index (χ4v) is 2.26. The van der Waals surface area contributed by atoms with E-state index >= 15 is 0 Å². The van der Waals surface area contributed by atoms with Crippen molar-refractivity contribution in [3.8, 4) is 0 Å². The first kappa shape index (κ1) is 11.1. The fraction of sp³-hybridized carbons (Fsp3) is 0.308. The van der Waals surface area contributed by atoms with Crippen LogP contribution in [0.3, 0.4) is 0 Å². The quantitative estimate of drug-likeness (QED) is 0.815. The minimum absolute atomic E-state index is 0.206. The van der Waals surface area contributed by atoms with Gasteiger partial charge < -0.3 is 14.3 Å². The molecule has 4 nitrogen and oxygen atoms in total. The highest BCUT2D eigenvalue weighted by Crippen LogP contribution is 2.33. The van der Waals surface area contributed by atoms with Crippen LogP contribution in [0.15, 0.2) is 35.0 Å². The lowest BCUT2D eigenvalue weighted by Crippen LogP contribution is -2.38. The van der Waals surface area contributed by atoms with E-state index < -0.39 is 0 Å². The van der Waals surface area contributed by atoms with Crippen LogP contribution >= 0.6 is 0 Å². The summed E-state index contributed by atoms with van der Waals surface area (Å²) in [6.45, 7) is 2.41. The predicted molar refractivity (Wildman–Crippen MR) is 67.2 cm³/mol. The number of rotatable bonds is 2. The van der Waals surface area contributed by atoms with Crippen molar-refractivity contribution in [3.05, 3.63) is 42.0 Å². The molecule has 2 aromatic rings. The van der Waals surface area contributed by atoms with Gasteiger partial charge in [-0.15, -0.1) is 0 Å². The second kappa shape index (κ2) is 4.33. The summed E-state index contributed by atoms with van der Waals surface area (Å²) in [5.41, 5.74) is 1.95. The summed E-state index contributed by atoms with van der Waals surface area (Å²) in [5, 5.41) is 3.70. The van der Waals surface area contributed by atoms with Crippen molar-refractivity contribution in [2.75, 3.05) is 29.9 Å². The van der Waals surface area contributed by atoms with Gasteiger partial charge in [0.2, 0.25) is 0 Å². The molecule has 0 spiro atoms. The number of nitrogens with zero attached hydrogens (tertiary/aromatic N) is 3. The highest BCUT2D eigenvalue weighted by atomic mass is 19.1. The van der Waals surface area contributed by atoms with Crippen molar-refractivity contribution in [2.24, 2.45) is 0 Å². The highest BCUT2D eigenvalue weighted by molar-refractivity contribution is 5.73. The largest absolute Gasteiger partial charge is 0.371 e. The third kappa shape index (κ3) is 1.92. The number of hydrogen-bond donors (Lipinski definition) is 0. The zero-order valence-electron chi connectivity index (χ0n) is 10.1. The van der Waals surface area contributed by atoms with Gasteiger partial charge >= 0.3 is 0 Å². The van der Waals surface area contributed by atoms with Gasteiger partial charge in [-0.2, -0.15) is 0 Å². The van der Waals surface area contributed by atoms with Gasteiger partial charge in [-0.3, -0.25) is 0 Å². The summed E-state index contributed by atoms with van der Waals surface area (Å²) in [6.07, 6.45) is 1.64. The van der Waals surface area contributed by atoms with Crippen molar-refractivity contribution in [1.82, 2.24) is 5.16 Å². The monoisotopic (exact) mass is 247 g/mol. The van der Waals surface area contributed by atoms with Crippen LogP contribution in [0.2, 0.25) is 0 Å². The van der Waals surface area contributed by atoms with Crippen molar-refractivity contribution in [3.63, 3.8) is 0 Å². The average molecular weight is 247 g/mol. The van der Waals surface area contributed by atoms with Crippen molar-refractivity contribution in [2.45, 2.75) is 6.54 Å². The molecule has 1 aliphatic rings. The van der Waals surface area contributed by atoms with Crippen LogP contribution in [0.1, 0.15) is 5.76 Å². The van der Waals surface area contributed by atoms with Gasteiger partial charge in [0.15, 0.2) is 5.76 Å². The van der Waals surface area contributed by atoms with E-state index in [0.29, 0.717) is 6.54 Å². The van der Waals surface area contributed by atoms with Gasteiger partial charge in [0.1, 0.15) is 5.82 Å². The van der Waals surface area contributed by atoms with Crippen LogP contribution in [0.4, 0.5) is 15.8 Å². The van der Waals surface area contributed by atoms with Gasteiger partial charge in [0, 0.05) is 26.2 Å². The summed E-state index contributed by atoms with van der Waals surface area (Å²) < 4.78 is 18.4. The molecule has 3 rings (SSSR count). The summed E-state index contributed by atoms with van der Waals surface area (Å²) >= 11 is 0. The molecule has 1 aliphatic heterocycles. The standard InChI is InChI=1S/C13H14FN3O/c1-16-6-7-17(9-11-4-5-15-18-11)12-3-2-10(14)8-13(12)16/h2-5,8H,6-7,9H2,1H3. The topological polar surface area (TPSA) is 32.5 Å². The molecule has 5 heteroatoms. The predicted octanol–water partition coefficient (Wildman–Crippen LogP) is 2.27. The van der Waals surface area contributed by atoms with Gasteiger partial charge in [0.05, 0.1) is 24.1 Å². The molecule has 0 saturated heterocycles. The smallest absolute Gasteiger partial charge is 0.155 e. The molecule has 0 N–H and O–H groups in total. The number of hydrogen-bond acceptors (Lipinski definition) is 4. The first-order valence-electron chi connectivity index (χ1n) is 5.89. The number of likely N-dealkylation sites (N-methyl/N-ethyl adjacent to an activating group) is 1. The lowest BCUT2D eigenvalue weighted by Gasteiger charge is -2.36. The zero-order valence-corrected chi connectivity index (χ0v) is 10.1. The fourth-order valence-electron chi connectivity index (χ4n) is 2.26. The minimum Gasteiger partial charge on any atom is -0.371 e. The Morgan fingerprint density at radius 2 is 2.17 bits per heavy atom. The molecule has 0 radical (unpaired) electrons. The maximum atomic E-state index is 13.3. The number of benzene rings is 1. The molecule has 1 aromatic heterocycles. The third-order valence-electron chi connectivity index (χ3n) is 3.23. The Morgan fingerprint density at radius 3 is 2.94 bits per heavy atom. The molecule has 1 aromatic carbocycles. The van der Waals surface area contributed by atoms with E-state index in [1.807, 2.05) is 19.2 Å². The number of halogens is 1. The third-order valence-corrected chi connectivity index (χ3v) is 3.23. The first-order valence-corrected chi connectivity index (χ1v) is 5.89. The average Bonchev–Trinajstić information content (AvgIpc) is 2.86. The molecule has 0 aliphatic carbocycles. The van der Waals surface area contributed by atoms with Crippen LogP contribution in [-0.2, 0) is 6.54 Å². The maximum Gasteiger partial charge on any atom is 0.155 e. The van der Waals surface area contributed by atoms with E-state index in [1.54, 1.807) is 12.3 Å². The van der Waals surface area contributed by atoms with Crippen molar-refractivity contribution < 1.29 is 8.91 Å². The van der Waals surface area contributed by atoms with Gasteiger partial charge in [-0.05, 0) is 18.2 Å². The van der Waals surface area contributed by atoms with Crippen LogP contribution in [0.25, 0.3) is 0 Å². The molecule has 0 amide bonds. The first-order chi connectivity index (χ1) is 8.74. The molecule has 0 unspecified atom stereocenters. The SMILES string of the molecule is CN1CCN(Cc2ccno2)c2ccc(F)cc21. The lowest BCUT2D eigenvalue weighted by molar-refractivity contribution is 0.380. The number of anilines is 2. The van der Waals surface area contributed by atoms with Crippen LogP contribution in [-0.4, -0.2) is 25.3 Å². The van der Waals surface area contributed by atoms with Crippen LogP contribution in [0, 0.1) is 5.82 Å². The number of aromatic nitrogens is 1. The second-order valence-corrected chi connectivity index (χ2v) is 4.45. The summed E-state index contributed by atoms with van der Waals surface area (Å²) in [6, 6.07) is 6.73. The molecule has 94 valence electrons. The number of fused-ring (bicyclic) bond motifs is 1. The Morgan fingerprint density at radius 1 is 1.28 bits per heavy atom. The van der Waals surface area contributed by atoms with E-state index in [9.17, 15) is 4.39 Å². The van der Waals surface area contributed by atoms with E-state index in [-0.39, 0.29) is 5.82 Å². The molecule has 0 atom stereocenters. The molecule has 0 fully saturated rings. The molecule has 0 bridgehead atoms. The van der Waals surface area contributed by atoms with Crippen LogP contribution < -0.4 is 9.80 Å². The molecule has 0 saturated carbocycles. The Hall–Kier alpha value is -2.04. The molecule has 18 heavy (non-hydrogen) atoms. The van der Waals surface area contributed by atoms with E-state index in [0.717, 1.165) is 30.2 Å². The van der Waals surface area contributed by atoms with Gasteiger partial charge in [0.25, 0.3) is 0 Å².